The smallest absolute Gasteiger partial charge is 0.254 e. The van der Waals surface area contributed by atoms with Crippen molar-refractivity contribution in [3.63, 3.8) is 0 Å². The molecule has 0 bridgehead atoms. The number of aromatic nitrogens is 2. The number of carbonyl (C=O) groups excluding carboxylic acids is 1. The van der Waals surface area contributed by atoms with E-state index < -0.39 is 5.82 Å². The van der Waals surface area contributed by atoms with E-state index in [-0.39, 0.29) is 11.7 Å². The largest absolute Gasteiger partial charge is 0.494 e. The molecule has 0 spiro atoms. The van der Waals surface area contributed by atoms with E-state index in [0.29, 0.717) is 43.4 Å². The summed E-state index contributed by atoms with van der Waals surface area (Å²) in [6.07, 6.45) is 0. The van der Waals surface area contributed by atoms with Gasteiger partial charge in [-0.25, -0.2) is 9.37 Å². The molecule has 1 fully saturated rings. The number of hydrogen-bond acceptors (Lipinski definition) is 6. The molecule has 7 nitrogen and oxygen atoms in total. The Labute approximate surface area is 151 Å². The lowest BCUT2D eigenvalue weighted by Gasteiger charge is -2.35. The van der Waals surface area contributed by atoms with Crippen molar-refractivity contribution in [3.05, 3.63) is 41.5 Å². The fraction of sp³-hybridized carbons (Fsp3) is 0.389. The molecule has 1 aliphatic heterocycles. The van der Waals surface area contributed by atoms with Gasteiger partial charge < -0.3 is 19.3 Å². The number of benzene rings is 1. The van der Waals surface area contributed by atoms with Crippen LogP contribution >= 0.6 is 0 Å². The monoisotopic (exact) mass is 360 g/mol. The summed E-state index contributed by atoms with van der Waals surface area (Å²) in [5.74, 6) is 1.31. The fourth-order valence-electron chi connectivity index (χ4n) is 2.91. The highest BCUT2D eigenvalue weighted by molar-refractivity contribution is 5.94. The molecule has 3 rings (SSSR count). The number of carbonyl (C=O) groups is 1. The van der Waals surface area contributed by atoms with Crippen LogP contribution in [0.5, 0.6) is 11.6 Å². The number of methoxy groups -OCH3 is 2. The Morgan fingerprint density at radius 1 is 1.08 bits per heavy atom. The molecule has 0 unspecified atom stereocenters. The quantitative estimate of drug-likeness (QED) is 0.830. The summed E-state index contributed by atoms with van der Waals surface area (Å²) >= 11 is 0. The molecule has 0 aliphatic carbocycles. The lowest BCUT2D eigenvalue weighted by Crippen LogP contribution is -2.49. The molecule has 1 amide bonds. The molecule has 8 heteroatoms. The number of halogens is 1. The van der Waals surface area contributed by atoms with Crippen LogP contribution in [-0.2, 0) is 0 Å². The van der Waals surface area contributed by atoms with E-state index in [4.69, 9.17) is 9.47 Å². The molecule has 1 aromatic carbocycles. The molecule has 26 heavy (non-hydrogen) atoms. The number of hydrogen-bond donors (Lipinski definition) is 0. The van der Waals surface area contributed by atoms with Crippen molar-refractivity contribution < 1.29 is 18.7 Å². The molecule has 0 atom stereocenters. The molecular weight excluding hydrogens is 339 g/mol. The van der Waals surface area contributed by atoms with Crippen molar-refractivity contribution >= 4 is 11.7 Å². The average Bonchev–Trinajstić information content (AvgIpc) is 2.67. The Morgan fingerprint density at radius 3 is 2.42 bits per heavy atom. The summed E-state index contributed by atoms with van der Waals surface area (Å²) in [6, 6.07) is 6.04. The summed E-state index contributed by atoms with van der Waals surface area (Å²) in [7, 11) is 2.96. The molecule has 1 aliphatic rings. The van der Waals surface area contributed by atoms with Crippen LogP contribution in [0, 0.1) is 12.7 Å². The van der Waals surface area contributed by atoms with Crippen molar-refractivity contribution in [2.45, 2.75) is 6.92 Å². The van der Waals surface area contributed by atoms with Crippen LogP contribution in [0.15, 0.2) is 24.3 Å². The SMILES string of the molecule is COc1cc(N2CCN(C(=O)c3ccc(OC)c(F)c3)CC2)nc(C)n1. The maximum atomic E-state index is 13.8. The highest BCUT2D eigenvalue weighted by atomic mass is 19.1. The number of amides is 1. The molecule has 2 heterocycles. The van der Waals surface area contributed by atoms with Gasteiger partial charge in [-0.15, -0.1) is 0 Å². The van der Waals surface area contributed by atoms with Crippen LogP contribution in [0.2, 0.25) is 0 Å². The number of rotatable bonds is 4. The minimum absolute atomic E-state index is 0.124. The van der Waals surface area contributed by atoms with E-state index in [1.54, 1.807) is 24.1 Å². The van der Waals surface area contributed by atoms with Crippen molar-refractivity contribution in [2.24, 2.45) is 0 Å². The third kappa shape index (κ3) is 3.68. The van der Waals surface area contributed by atoms with E-state index in [2.05, 4.69) is 14.9 Å². The van der Waals surface area contributed by atoms with Gasteiger partial charge in [-0.1, -0.05) is 0 Å². The van der Waals surface area contributed by atoms with Crippen molar-refractivity contribution in [1.82, 2.24) is 14.9 Å². The van der Waals surface area contributed by atoms with Crippen LogP contribution in [0.3, 0.4) is 0 Å². The zero-order valence-electron chi connectivity index (χ0n) is 15.0. The summed E-state index contributed by atoms with van der Waals surface area (Å²) in [5.41, 5.74) is 0.316. The molecule has 0 N–H and O–H groups in total. The van der Waals surface area contributed by atoms with Crippen LogP contribution in [0.1, 0.15) is 16.2 Å². The van der Waals surface area contributed by atoms with Crippen molar-refractivity contribution in [2.75, 3.05) is 45.3 Å². The highest BCUT2D eigenvalue weighted by Gasteiger charge is 2.24. The zero-order valence-corrected chi connectivity index (χ0v) is 15.0. The maximum Gasteiger partial charge on any atom is 0.254 e. The first-order chi connectivity index (χ1) is 12.5. The van der Waals surface area contributed by atoms with Crippen LogP contribution in [0.25, 0.3) is 0 Å². The van der Waals surface area contributed by atoms with Gasteiger partial charge >= 0.3 is 0 Å². The highest BCUT2D eigenvalue weighted by Crippen LogP contribution is 2.21. The van der Waals surface area contributed by atoms with Gasteiger partial charge in [-0.2, -0.15) is 4.98 Å². The standard InChI is InChI=1S/C18H21FN4O3/c1-12-20-16(11-17(21-12)26-3)22-6-8-23(9-7-22)18(24)13-4-5-15(25-2)14(19)10-13/h4-5,10-11H,6-9H2,1-3H3. The predicted molar refractivity (Wildman–Crippen MR) is 94.4 cm³/mol. The Hall–Kier alpha value is -2.90. The van der Waals surface area contributed by atoms with Gasteiger partial charge in [-0.05, 0) is 25.1 Å². The minimum atomic E-state index is -0.541. The topological polar surface area (TPSA) is 67.8 Å². The Morgan fingerprint density at radius 2 is 1.81 bits per heavy atom. The first kappa shape index (κ1) is 17.9. The zero-order chi connectivity index (χ0) is 18.7. The summed E-state index contributed by atoms with van der Waals surface area (Å²) < 4.78 is 23.9. The molecule has 0 radical (unpaired) electrons. The van der Waals surface area contributed by atoms with Crippen LogP contribution in [-0.4, -0.2) is 61.2 Å². The number of aryl methyl sites for hydroxylation is 1. The third-order valence-electron chi connectivity index (χ3n) is 4.30. The lowest BCUT2D eigenvalue weighted by atomic mass is 10.1. The number of piperazine rings is 1. The summed E-state index contributed by atoms with van der Waals surface area (Å²) in [4.78, 5) is 25.0. The fourth-order valence-corrected chi connectivity index (χ4v) is 2.91. The molecule has 2 aromatic rings. The van der Waals surface area contributed by atoms with E-state index in [9.17, 15) is 9.18 Å². The lowest BCUT2D eigenvalue weighted by molar-refractivity contribution is 0.0746. The molecule has 0 saturated carbocycles. The van der Waals surface area contributed by atoms with E-state index >= 15 is 0 Å². The second-order valence-corrected chi connectivity index (χ2v) is 5.94. The first-order valence-corrected chi connectivity index (χ1v) is 8.29. The Kier molecular flexibility index (Phi) is 5.20. The molecule has 1 aromatic heterocycles. The minimum Gasteiger partial charge on any atom is -0.494 e. The normalized spacial score (nSPS) is 14.3. The number of nitrogens with zero attached hydrogens (tertiary/aromatic N) is 4. The van der Waals surface area contributed by atoms with Gasteiger partial charge in [0.15, 0.2) is 11.6 Å². The maximum absolute atomic E-state index is 13.8. The van der Waals surface area contributed by atoms with Gasteiger partial charge in [0.2, 0.25) is 5.88 Å². The van der Waals surface area contributed by atoms with Gasteiger partial charge in [0, 0.05) is 37.8 Å². The van der Waals surface area contributed by atoms with Crippen molar-refractivity contribution in [3.8, 4) is 11.6 Å². The number of anilines is 1. The average molecular weight is 360 g/mol. The Bertz CT molecular complexity index is 807. The molecular formula is C18H21FN4O3. The van der Waals surface area contributed by atoms with Gasteiger partial charge in [0.25, 0.3) is 5.91 Å². The predicted octanol–water partition coefficient (Wildman–Crippen LogP) is 1.90. The molecule has 1 saturated heterocycles. The second-order valence-electron chi connectivity index (χ2n) is 5.94. The first-order valence-electron chi connectivity index (χ1n) is 8.29. The molecule has 138 valence electrons. The van der Waals surface area contributed by atoms with E-state index in [0.717, 1.165) is 5.82 Å². The van der Waals surface area contributed by atoms with Gasteiger partial charge in [0.1, 0.15) is 11.6 Å². The van der Waals surface area contributed by atoms with Crippen LogP contribution < -0.4 is 14.4 Å². The van der Waals surface area contributed by atoms with Crippen molar-refractivity contribution in [1.29, 1.82) is 0 Å². The Balaban J connectivity index is 1.67. The number of ether oxygens (including phenoxy) is 2. The van der Waals surface area contributed by atoms with Gasteiger partial charge in [-0.3, -0.25) is 4.79 Å². The van der Waals surface area contributed by atoms with Gasteiger partial charge in [0.05, 0.1) is 14.2 Å². The van der Waals surface area contributed by atoms with Crippen LogP contribution in [0.4, 0.5) is 10.2 Å². The summed E-state index contributed by atoms with van der Waals surface area (Å²) in [5, 5.41) is 0. The second kappa shape index (κ2) is 7.55. The summed E-state index contributed by atoms with van der Waals surface area (Å²) in [6.45, 7) is 4.12. The third-order valence-corrected chi connectivity index (χ3v) is 4.30. The van der Waals surface area contributed by atoms with E-state index in [1.165, 1.54) is 19.2 Å². The van der Waals surface area contributed by atoms with E-state index in [1.807, 2.05) is 6.92 Å².